The molecule has 0 aliphatic rings. The Kier molecular flexibility index (Phi) is 4.02. The van der Waals surface area contributed by atoms with Crippen LogP contribution in [-0.4, -0.2) is 21.4 Å². The molecule has 0 radical (unpaired) electrons. The van der Waals surface area contributed by atoms with Crippen molar-refractivity contribution >= 4 is 11.5 Å². The Bertz CT molecular complexity index is 572. The third-order valence-electron chi connectivity index (χ3n) is 2.67. The third kappa shape index (κ3) is 3.48. The molecule has 2 aromatic rings. The molecule has 0 amide bonds. The molecule has 0 saturated carbocycles. The summed E-state index contributed by atoms with van der Waals surface area (Å²) in [5.41, 5.74) is 1.44. The Morgan fingerprint density at radius 2 is 2.16 bits per heavy atom. The summed E-state index contributed by atoms with van der Waals surface area (Å²) in [5.74, 6) is 0.638. The zero-order valence-corrected chi connectivity index (χ0v) is 10.5. The highest BCUT2D eigenvalue weighted by molar-refractivity contribution is 5.44. The topological polar surface area (TPSA) is 81.0 Å². The van der Waals surface area contributed by atoms with Gasteiger partial charge in [0.05, 0.1) is 4.92 Å². The van der Waals surface area contributed by atoms with Crippen molar-refractivity contribution in [1.29, 1.82) is 0 Å². The van der Waals surface area contributed by atoms with E-state index >= 15 is 0 Å². The highest BCUT2D eigenvalue weighted by Crippen LogP contribution is 2.17. The van der Waals surface area contributed by atoms with Gasteiger partial charge in [0.1, 0.15) is 11.5 Å². The highest BCUT2D eigenvalue weighted by atomic mass is 16.6. The molecule has 6 nitrogen and oxygen atoms in total. The van der Waals surface area contributed by atoms with Crippen LogP contribution >= 0.6 is 0 Å². The van der Waals surface area contributed by atoms with Gasteiger partial charge in [-0.05, 0) is 25.1 Å². The molecule has 2 heterocycles. The van der Waals surface area contributed by atoms with E-state index in [0.717, 1.165) is 12.1 Å². The Labute approximate surface area is 110 Å². The van der Waals surface area contributed by atoms with Crippen LogP contribution in [0.1, 0.15) is 11.4 Å². The monoisotopic (exact) mass is 258 g/mol. The summed E-state index contributed by atoms with van der Waals surface area (Å²) in [7, 11) is 0. The number of nitro groups is 1. The average molecular weight is 258 g/mol. The zero-order chi connectivity index (χ0) is 13.7. The first-order valence-electron chi connectivity index (χ1n) is 5.92. The first-order valence-corrected chi connectivity index (χ1v) is 5.92. The van der Waals surface area contributed by atoms with Crippen molar-refractivity contribution in [1.82, 2.24) is 9.97 Å². The van der Waals surface area contributed by atoms with E-state index in [4.69, 9.17) is 0 Å². The zero-order valence-electron chi connectivity index (χ0n) is 10.5. The van der Waals surface area contributed by atoms with Gasteiger partial charge in [0.25, 0.3) is 5.69 Å². The lowest BCUT2D eigenvalue weighted by Crippen LogP contribution is -2.08. The quantitative estimate of drug-likeness (QED) is 0.657. The normalized spacial score (nSPS) is 10.2. The van der Waals surface area contributed by atoms with Gasteiger partial charge in [-0.25, -0.2) is 4.98 Å². The number of pyridine rings is 2. The van der Waals surface area contributed by atoms with Gasteiger partial charge in [0.2, 0.25) is 0 Å². The first kappa shape index (κ1) is 12.9. The lowest BCUT2D eigenvalue weighted by atomic mass is 10.2. The van der Waals surface area contributed by atoms with Crippen molar-refractivity contribution < 1.29 is 4.92 Å². The number of aryl methyl sites for hydroxylation is 1. The predicted octanol–water partition coefficient (Wildman–Crippen LogP) is 2.35. The number of rotatable bonds is 5. The minimum absolute atomic E-state index is 0.0373. The largest absolute Gasteiger partial charge is 0.370 e. The molecular weight excluding hydrogens is 244 g/mol. The minimum Gasteiger partial charge on any atom is -0.370 e. The molecule has 0 bridgehead atoms. The molecule has 0 atom stereocenters. The van der Waals surface area contributed by atoms with Gasteiger partial charge in [-0.1, -0.05) is 6.07 Å². The number of nitrogens with zero attached hydrogens (tertiary/aromatic N) is 3. The smallest absolute Gasteiger partial charge is 0.290 e. The third-order valence-corrected chi connectivity index (χ3v) is 2.67. The molecule has 0 aliphatic heterocycles. The van der Waals surface area contributed by atoms with E-state index in [1.165, 1.54) is 6.07 Å². The van der Waals surface area contributed by atoms with Crippen LogP contribution in [-0.2, 0) is 6.42 Å². The highest BCUT2D eigenvalue weighted by Gasteiger charge is 2.11. The summed E-state index contributed by atoms with van der Waals surface area (Å²) in [4.78, 5) is 18.6. The van der Waals surface area contributed by atoms with Gasteiger partial charge >= 0.3 is 0 Å². The molecule has 19 heavy (non-hydrogen) atoms. The fourth-order valence-corrected chi connectivity index (χ4v) is 1.71. The fourth-order valence-electron chi connectivity index (χ4n) is 1.71. The van der Waals surface area contributed by atoms with Crippen LogP contribution in [0.25, 0.3) is 0 Å². The van der Waals surface area contributed by atoms with Gasteiger partial charge in [-0.2, -0.15) is 0 Å². The maximum Gasteiger partial charge on any atom is 0.290 e. The Balaban J connectivity index is 1.93. The second-order valence-corrected chi connectivity index (χ2v) is 4.06. The molecule has 0 unspecified atom stereocenters. The molecule has 98 valence electrons. The lowest BCUT2D eigenvalue weighted by Gasteiger charge is -2.06. The maximum absolute atomic E-state index is 10.7. The van der Waals surface area contributed by atoms with E-state index in [9.17, 15) is 10.1 Å². The summed E-state index contributed by atoms with van der Waals surface area (Å²) in [5, 5.41) is 13.8. The van der Waals surface area contributed by atoms with Crippen molar-refractivity contribution in [3.05, 3.63) is 58.0 Å². The Morgan fingerprint density at radius 3 is 2.79 bits per heavy atom. The Hall–Kier alpha value is -2.50. The summed E-state index contributed by atoms with van der Waals surface area (Å²) >= 11 is 0. The van der Waals surface area contributed by atoms with Crippen LogP contribution in [0.15, 0.2) is 36.5 Å². The minimum atomic E-state index is -0.431. The van der Waals surface area contributed by atoms with E-state index in [0.29, 0.717) is 18.1 Å². The van der Waals surface area contributed by atoms with Crippen molar-refractivity contribution in [2.45, 2.75) is 13.3 Å². The molecule has 0 aliphatic carbocycles. The predicted molar refractivity (Wildman–Crippen MR) is 72.1 cm³/mol. The van der Waals surface area contributed by atoms with E-state index in [-0.39, 0.29) is 5.69 Å². The van der Waals surface area contributed by atoms with Crippen molar-refractivity contribution in [3.63, 3.8) is 0 Å². The molecule has 0 saturated heterocycles. The molecule has 2 aromatic heterocycles. The van der Waals surface area contributed by atoms with Gasteiger partial charge in [0.15, 0.2) is 0 Å². The molecule has 2 rings (SSSR count). The molecule has 0 spiro atoms. The van der Waals surface area contributed by atoms with Crippen LogP contribution in [0.3, 0.4) is 0 Å². The molecule has 0 fully saturated rings. The summed E-state index contributed by atoms with van der Waals surface area (Å²) in [6, 6.07) is 8.85. The standard InChI is InChI=1S/C13H14N4O2/c1-10-12(17(18)19)5-6-13(16-10)15-9-7-11-4-2-3-8-14-11/h2-6,8H,7,9H2,1H3,(H,15,16). The number of aromatic nitrogens is 2. The van der Waals surface area contributed by atoms with Crippen LogP contribution < -0.4 is 5.32 Å². The average Bonchev–Trinajstić information content (AvgIpc) is 2.39. The number of hydrogen-bond acceptors (Lipinski definition) is 5. The second-order valence-electron chi connectivity index (χ2n) is 4.06. The van der Waals surface area contributed by atoms with Crippen LogP contribution in [0.4, 0.5) is 11.5 Å². The van der Waals surface area contributed by atoms with Gasteiger partial charge in [-0.3, -0.25) is 15.1 Å². The summed E-state index contributed by atoms with van der Waals surface area (Å²) < 4.78 is 0. The molecular formula is C13H14N4O2. The molecule has 6 heteroatoms. The molecule has 0 aromatic carbocycles. The summed E-state index contributed by atoms with van der Waals surface area (Å²) in [6.45, 7) is 2.31. The van der Waals surface area contributed by atoms with Crippen LogP contribution in [0, 0.1) is 17.0 Å². The van der Waals surface area contributed by atoms with E-state index in [1.54, 1.807) is 19.2 Å². The van der Waals surface area contributed by atoms with Crippen molar-refractivity contribution in [2.75, 3.05) is 11.9 Å². The lowest BCUT2D eigenvalue weighted by molar-refractivity contribution is -0.385. The van der Waals surface area contributed by atoms with E-state index in [1.807, 2.05) is 18.2 Å². The number of hydrogen-bond donors (Lipinski definition) is 1. The van der Waals surface area contributed by atoms with Crippen LogP contribution in [0.2, 0.25) is 0 Å². The second kappa shape index (κ2) is 5.90. The van der Waals surface area contributed by atoms with Gasteiger partial charge < -0.3 is 5.32 Å². The molecule has 1 N–H and O–H groups in total. The van der Waals surface area contributed by atoms with E-state index in [2.05, 4.69) is 15.3 Å². The summed E-state index contributed by atoms with van der Waals surface area (Å²) in [6.07, 6.45) is 2.53. The fraction of sp³-hybridized carbons (Fsp3) is 0.231. The van der Waals surface area contributed by atoms with Gasteiger partial charge in [-0.15, -0.1) is 0 Å². The number of nitrogens with one attached hydrogen (secondary N) is 1. The maximum atomic E-state index is 10.7. The first-order chi connectivity index (χ1) is 9.16. The van der Waals surface area contributed by atoms with Crippen LogP contribution in [0.5, 0.6) is 0 Å². The van der Waals surface area contributed by atoms with Crippen molar-refractivity contribution in [2.24, 2.45) is 0 Å². The number of anilines is 1. The SMILES string of the molecule is Cc1nc(NCCc2ccccn2)ccc1[N+](=O)[O-]. The van der Waals surface area contributed by atoms with E-state index < -0.39 is 4.92 Å². The Morgan fingerprint density at radius 1 is 1.32 bits per heavy atom. The van der Waals surface area contributed by atoms with Crippen molar-refractivity contribution in [3.8, 4) is 0 Å². The van der Waals surface area contributed by atoms with Gasteiger partial charge in [0, 0.05) is 30.9 Å².